The summed E-state index contributed by atoms with van der Waals surface area (Å²) in [7, 11) is 1.63. The number of rotatable bonds is 3. The molecule has 2 nitrogen and oxygen atoms in total. The summed E-state index contributed by atoms with van der Waals surface area (Å²) in [4.78, 5) is 0.469. The number of hydrogen-bond acceptors (Lipinski definition) is 2. The van der Waals surface area contributed by atoms with Gasteiger partial charge in [-0.3, -0.25) is 0 Å². The second-order valence-electron chi connectivity index (χ2n) is 2.58. The van der Waals surface area contributed by atoms with Gasteiger partial charge in [0, 0.05) is 12.0 Å². The molecule has 1 aromatic rings. The zero-order chi connectivity index (χ0) is 9.84. The summed E-state index contributed by atoms with van der Waals surface area (Å²) < 4.78 is 6.14. The molecule has 0 radical (unpaired) electrons. The Kier molecular flexibility index (Phi) is 3.69. The Bertz CT molecular complexity index is 327. The highest BCUT2D eigenvalue weighted by atomic mass is 79.9. The summed E-state index contributed by atoms with van der Waals surface area (Å²) in [6, 6.07) is 5.80. The Morgan fingerprint density at radius 2 is 2.31 bits per heavy atom. The average Bonchev–Trinajstić information content (AvgIpc) is 2.03. The Morgan fingerprint density at radius 1 is 1.62 bits per heavy atom. The molecule has 2 N–H and O–H groups in total. The van der Waals surface area contributed by atoms with Crippen molar-refractivity contribution in [3.63, 3.8) is 0 Å². The predicted molar refractivity (Wildman–Crippen MR) is 61.2 cm³/mol. The first-order valence-corrected chi connectivity index (χ1v) is 4.95. The topological polar surface area (TPSA) is 35.2 Å². The van der Waals surface area contributed by atoms with Gasteiger partial charge in [0.05, 0.1) is 16.6 Å². The molecule has 0 amide bonds. The molecule has 0 atom stereocenters. The Hall–Kier alpha value is -0.610. The van der Waals surface area contributed by atoms with Crippen LogP contribution in [0, 0.1) is 0 Å². The second kappa shape index (κ2) is 4.58. The SMILES string of the molecule is COc1c(Br)cccc1CC(N)=S. The number of methoxy groups -OCH3 is 1. The van der Waals surface area contributed by atoms with Crippen molar-refractivity contribution < 1.29 is 4.74 Å². The number of benzene rings is 1. The van der Waals surface area contributed by atoms with Crippen LogP contribution in [0.2, 0.25) is 0 Å². The third kappa shape index (κ3) is 2.67. The average molecular weight is 260 g/mol. The van der Waals surface area contributed by atoms with Gasteiger partial charge in [-0.2, -0.15) is 0 Å². The lowest BCUT2D eigenvalue weighted by molar-refractivity contribution is 0.408. The van der Waals surface area contributed by atoms with E-state index in [-0.39, 0.29) is 0 Å². The smallest absolute Gasteiger partial charge is 0.136 e. The Labute approximate surface area is 91.2 Å². The van der Waals surface area contributed by atoms with Gasteiger partial charge in [-0.15, -0.1) is 0 Å². The molecule has 0 saturated carbocycles. The molecule has 0 aliphatic rings. The number of ether oxygens (including phenoxy) is 1. The van der Waals surface area contributed by atoms with E-state index in [2.05, 4.69) is 15.9 Å². The van der Waals surface area contributed by atoms with Crippen LogP contribution in [0.3, 0.4) is 0 Å². The molecule has 0 unspecified atom stereocenters. The molecule has 70 valence electrons. The highest BCUT2D eigenvalue weighted by Crippen LogP contribution is 2.28. The zero-order valence-corrected chi connectivity index (χ0v) is 9.61. The van der Waals surface area contributed by atoms with E-state index in [1.54, 1.807) is 7.11 Å². The van der Waals surface area contributed by atoms with Crippen LogP contribution in [0.5, 0.6) is 5.75 Å². The van der Waals surface area contributed by atoms with Gasteiger partial charge in [-0.1, -0.05) is 24.4 Å². The molecule has 0 aliphatic carbocycles. The van der Waals surface area contributed by atoms with E-state index in [1.807, 2.05) is 18.2 Å². The highest BCUT2D eigenvalue weighted by molar-refractivity contribution is 9.10. The Morgan fingerprint density at radius 3 is 2.85 bits per heavy atom. The van der Waals surface area contributed by atoms with Gasteiger partial charge < -0.3 is 10.5 Å². The minimum Gasteiger partial charge on any atom is -0.495 e. The minimum atomic E-state index is 0.469. The maximum atomic E-state index is 5.46. The summed E-state index contributed by atoms with van der Waals surface area (Å²) in [5, 5.41) is 0. The van der Waals surface area contributed by atoms with E-state index >= 15 is 0 Å². The third-order valence-electron chi connectivity index (χ3n) is 1.62. The van der Waals surface area contributed by atoms with Gasteiger partial charge in [-0.25, -0.2) is 0 Å². The van der Waals surface area contributed by atoms with E-state index in [0.29, 0.717) is 11.4 Å². The minimum absolute atomic E-state index is 0.469. The molecule has 0 fully saturated rings. The first-order chi connectivity index (χ1) is 6.15. The second-order valence-corrected chi connectivity index (χ2v) is 3.95. The fraction of sp³-hybridized carbons (Fsp3) is 0.222. The van der Waals surface area contributed by atoms with Crippen molar-refractivity contribution in [1.82, 2.24) is 0 Å². The molecule has 13 heavy (non-hydrogen) atoms. The first-order valence-electron chi connectivity index (χ1n) is 3.75. The van der Waals surface area contributed by atoms with Crippen molar-refractivity contribution in [2.75, 3.05) is 7.11 Å². The number of halogens is 1. The van der Waals surface area contributed by atoms with Gasteiger partial charge in [0.15, 0.2) is 0 Å². The lowest BCUT2D eigenvalue weighted by Crippen LogP contribution is -2.11. The zero-order valence-electron chi connectivity index (χ0n) is 7.21. The molecule has 1 aromatic carbocycles. The van der Waals surface area contributed by atoms with E-state index in [4.69, 9.17) is 22.7 Å². The van der Waals surface area contributed by atoms with Crippen LogP contribution in [0.25, 0.3) is 0 Å². The van der Waals surface area contributed by atoms with Crippen molar-refractivity contribution in [3.8, 4) is 5.75 Å². The number of hydrogen-bond donors (Lipinski definition) is 1. The monoisotopic (exact) mass is 259 g/mol. The van der Waals surface area contributed by atoms with Gasteiger partial charge in [-0.05, 0) is 22.0 Å². The summed E-state index contributed by atoms with van der Waals surface area (Å²) in [6.07, 6.45) is 0.567. The molecular weight excluding hydrogens is 250 g/mol. The lowest BCUT2D eigenvalue weighted by atomic mass is 10.1. The van der Waals surface area contributed by atoms with Gasteiger partial charge in [0.2, 0.25) is 0 Å². The maximum absolute atomic E-state index is 5.46. The predicted octanol–water partition coefficient (Wildman–Crippen LogP) is 2.29. The van der Waals surface area contributed by atoms with Crippen LogP contribution in [0.4, 0.5) is 0 Å². The van der Waals surface area contributed by atoms with E-state index < -0.39 is 0 Å². The molecule has 0 aromatic heterocycles. The third-order valence-corrected chi connectivity index (χ3v) is 2.39. The number of para-hydroxylation sites is 1. The molecular formula is C9H10BrNOS. The van der Waals surface area contributed by atoms with Crippen LogP contribution >= 0.6 is 28.1 Å². The molecule has 4 heteroatoms. The highest BCUT2D eigenvalue weighted by Gasteiger charge is 2.06. The largest absolute Gasteiger partial charge is 0.495 e. The molecule has 0 bridgehead atoms. The number of thiocarbonyl (C=S) groups is 1. The van der Waals surface area contributed by atoms with E-state index in [1.165, 1.54) is 0 Å². The fourth-order valence-corrected chi connectivity index (χ4v) is 1.83. The van der Waals surface area contributed by atoms with Crippen LogP contribution in [-0.4, -0.2) is 12.1 Å². The first kappa shape index (κ1) is 10.5. The standard InChI is InChI=1S/C9H10BrNOS/c1-12-9-6(5-8(11)13)3-2-4-7(9)10/h2-4H,5H2,1H3,(H2,11,13). The van der Waals surface area contributed by atoms with Crippen molar-refractivity contribution in [3.05, 3.63) is 28.2 Å². The van der Waals surface area contributed by atoms with E-state index in [9.17, 15) is 0 Å². The lowest BCUT2D eigenvalue weighted by Gasteiger charge is -2.08. The van der Waals surface area contributed by atoms with Crippen LogP contribution in [-0.2, 0) is 6.42 Å². The summed E-state index contributed by atoms with van der Waals surface area (Å²) in [5.74, 6) is 0.801. The van der Waals surface area contributed by atoms with Crippen LogP contribution < -0.4 is 10.5 Å². The molecule has 0 aliphatic heterocycles. The maximum Gasteiger partial charge on any atom is 0.136 e. The van der Waals surface area contributed by atoms with Gasteiger partial charge in [0.1, 0.15) is 5.75 Å². The quantitative estimate of drug-likeness (QED) is 0.847. The molecule has 0 spiro atoms. The molecule has 0 saturated heterocycles. The normalized spacial score (nSPS) is 9.69. The van der Waals surface area contributed by atoms with Gasteiger partial charge in [0.25, 0.3) is 0 Å². The van der Waals surface area contributed by atoms with Crippen molar-refractivity contribution in [1.29, 1.82) is 0 Å². The summed E-state index contributed by atoms with van der Waals surface area (Å²) in [6.45, 7) is 0. The van der Waals surface area contributed by atoms with Crippen LogP contribution in [0.15, 0.2) is 22.7 Å². The van der Waals surface area contributed by atoms with Gasteiger partial charge >= 0.3 is 0 Å². The van der Waals surface area contributed by atoms with Crippen molar-refractivity contribution in [2.24, 2.45) is 5.73 Å². The van der Waals surface area contributed by atoms with Crippen molar-refractivity contribution >= 4 is 33.1 Å². The van der Waals surface area contributed by atoms with E-state index in [0.717, 1.165) is 15.8 Å². The molecule has 0 heterocycles. The summed E-state index contributed by atoms with van der Waals surface area (Å²) >= 11 is 8.22. The fourth-order valence-electron chi connectivity index (χ4n) is 1.11. The summed E-state index contributed by atoms with van der Waals surface area (Å²) in [5.41, 5.74) is 6.46. The van der Waals surface area contributed by atoms with Crippen molar-refractivity contribution in [2.45, 2.75) is 6.42 Å². The van der Waals surface area contributed by atoms with Crippen LogP contribution in [0.1, 0.15) is 5.56 Å². The molecule has 1 rings (SSSR count). The number of nitrogens with two attached hydrogens (primary N) is 1. The Balaban J connectivity index is 3.05.